The maximum absolute atomic E-state index is 8.61. The Bertz CT molecular complexity index is 1950. The summed E-state index contributed by atoms with van der Waals surface area (Å²) in [5, 5.41) is 0. The lowest BCUT2D eigenvalue weighted by Crippen LogP contribution is -2.55. The van der Waals surface area contributed by atoms with Crippen molar-refractivity contribution in [1.82, 2.24) is 4.98 Å². The van der Waals surface area contributed by atoms with Crippen LogP contribution in [0.15, 0.2) is 109 Å². The van der Waals surface area contributed by atoms with Gasteiger partial charge in [0, 0.05) is 20.9 Å². The Morgan fingerprint density at radius 3 is 2.22 bits per heavy atom. The zero-order chi connectivity index (χ0) is 30.2. The van der Waals surface area contributed by atoms with Crippen LogP contribution in [-0.4, -0.2) is 19.1 Å². The highest BCUT2D eigenvalue weighted by atomic mass is 16.5. The van der Waals surface area contributed by atoms with Gasteiger partial charge < -0.3 is 14.4 Å². The maximum Gasteiger partial charge on any atom is 0.422 e. The van der Waals surface area contributed by atoms with Crippen LogP contribution < -0.4 is 19.8 Å². The summed E-state index contributed by atoms with van der Waals surface area (Å²) in [5.74, 6) is 0.583. The van der Waals surface area contributed by atoms with Gasteiger partial charge in [0.1, 0.15) is 5.82 Å². The quantitative estimate of drug-likeness (QED) is 0.272. The van der Waals surface area contributed by atoms with Crippen molar-refractivity contribution in [1.29, 1.82) is 0 Å². The van der Waals surface area contributed by atoms with Gasteiger partial charge in [-0.1, -0.05) is 78.8 Å². The number of hydrogen-bond donors (Lipinski definition) is 0. The number of anilines is 4. The van der Waals surface area contributed by atoms with Crippen molar-refractivity contribution < 1.29 is 14.3 Å². The maximum atomic E-state index is 8.61. The standard InChI is InChI=1S/C31H24BN3O/c1-21-11-3-4-12-22(21)25-19-20-30(33-31(25)36-2)35-29-18-10-9-17-28(29)34-27-16-8-6-14-24(27)23-13-5-7-15-26(23)32(34)35/h3-20H,1-2H3/i1D3,3D,4D,11D,12D. The van der Waals surface area contributed by atoms with Gasteiger partial charge in [0.05, 0.1) is 24.0 Å². The molecule has 0 saturated carbocycles. The molecule has 4 aromatic carbocycles. The number of nitrogens with zero attached hydrogens (tertiary/aromatic N) is 3. The molecule has 172 valence electrons. The Morgan fingerprint density at radius 2 is 1.42 bits per heavy atom. The molecule has 0 spiro atoms. The SMILES string of the molecule is [2H]c1c([2H])c([2H])c(C([2H])([2H])[2H])c(-c2ccc(N3B4c5ccccc5-c5ccccc5N4c4ccccc43)nc2OC)c1[2H]. The molecular formula is C31H24BN3O. The van der Waals surface area contributed by atoms with Gasteiger partial charge in [-0.3, -0.25) is 0 Å². The molecular weight excluding hydrogens is 441 g/mol. The van der Waals surface area contributed by atoms with Gasteiger partial charge in [-0.05, 0) is 59.3 Å². The minimum Gasteiger partial charge on any atom is -0.480 e. The number of rotatable bonds is 3. The first-order valence-corrected chi connectivity index (χ1v) is 11.7. The van der Waals surface area contributed by atoms with E-state index >= 15 is 0 Å². The van der Waals surface area contributed by atoms with Gasteiger partial charge in [0.25, 0.3) is 0 Å². The molecule has 0 saturated heterocycles. The minimum atomic E-state index is -2.80. The molecule has 0 bridgehead atoms. The first-order valence-electron chi connectivity index (χ1n) is 15.2. The second kappa shape index (κ2) is 8.03. The molecule has 0 aliphatic carbocycles. The minimum absolute atomic E-state index is 0.0495. The third-order valence-electron chi connectivity index (χ3n) is 6.83. The summed E-state index contributed by atoms with van der Waals surface area (Å²) in [6.07, 6.45) is 0. The molecule has 0 fully saturated rings. The normalized spacial score (nSPS) is 16.2. The Kier molecular flexibility index (Phi) is 3.30. The molecule has 2 aliphatic rings. The van der Waals surface area contributed by atoms with Crippen LogP contribution in [0, 0.1) is 6.85 Å². The number of aromatic nitrogens is 1. The van der Waals surface area contributed by atoms with Crippen molar-refractivity contribution in [2.75, 3.05) is 16.7 Å². The Morgan fingerprint density at radius 1 is 0.722 bits per heavy atom. The summed E-state index contributed by atoms with van der Waals surface area (Å²) in [6, 6.07) is 25.8. The van der Waals surface area contributed by atoms with E-state index in [0.29, 0.717) is 5.82 Å². The van der Waals surface area contributed by atoms with Crippen LogP contribution in [0.4, 0.5) is 22.9 Å². The van der Waals surface area contributed by atoms with Crippen LogP contribution >= 0.6 is 0 Å². The Hall–Kier alpha value is -4.51. The molecule has 0 N–H and O–H groups in total. The van der Waals surface area contributed by atoms with E-state index in [0.717, 1.165) is 33.7 Å². The van der Waals surface area contributed by atoms with E-state index in [1.807, 2.05) is 42.5 Å². The summed E-state index contributed by atoms with van der Waals surface area (Å²) >= 11 is 0. The second-order valence-electron chi connectivity index (χ2n) is 8.68. The average molecular weight is 472 g/mol. The largest absolute Gasteiger partial charge is 0.480 e. The van der Waals surface area contributed by atoms with E-state index in [1.165, 1.54) is 7.11 Å². The van der Waals surface area contributed by atoms with E-state index in [2.05, 4.69) is 40.0 Å². The van der Waals surface area contributed by atoms with E-state index in [4.69, 9.17) is 19.3 Å². The molecule has 0 radical (unpaired) electrons. The number of pyridine rings is 1. The summed E-state index contributed by atoms with van der Waals surface area (Å²) in [4.78, 5) is 9.25. The number of ether oxygens (including phenoxy) is 1. The van der Waals surface area contributed by atoms with Crippen molar-refractivity contribution >= 4 is 35.3 Å². The molecule has 5 aromatic rings. The fourth-order valence-corrected chi connectivity index (χ4v) is 5.34. The molecule has 7 rings (SSSR count). The first-order chi connectivity index (χ1) is 20.6. The van der Waals surface area contributed by atoms with Crippen molar-refractivity contribution in [3.8, 4) is 28.1 Å². The van der Waals surface area contributed by atoms with Gasteiger partial charge >= 0.3 is 6.98 Å². The molecule has 2 aliphatic heterocycles. The zero-order valence-electron chi connectivity index (χ0n) is 26.4. The fourth-order valence-electron chi connectivity index (χ4n) is 5.34. The summed E-state index contributed by atoms with van der Waals surface area (Å²) in [5.41, 5.74) is 5.86. The number of benzene rings is 4. The van der Waals surface area contributed by atoms with Crippen LogP contribution in [0.1, 0.15) is 15.2 Å². The molecule has 5 heteroatoms. The number of fused-ring (bicyclic) bond motifs is 8. The lowest BCUT2D eigenvalue weighted by molar-refractivity contribution is 0.400. The third-order valence-corrected chi connectivity index (χ3v) is 6.83. The van der Waals surface area contributed by atoms with Crippen LogP contribution in [-0.2, 0) is 0 Å². The molecule has 3 heterocycles. The van der Waals surface area contributed by atoms with Crippen molar-refractivity contribution in [3.05, 3.63) is 115 Å². The van der Waals surface area contributed by atoms with Crippen molar-refractivity contribution in [2.45, 2.75) is 6.85 Å². The van der Waals surface area contributed by atoms with Gasteiger partial charge in [-0.15, -0.1) is 0 Å². The monoisotopic (exact) mass is 472 g/mol. The van der Waals surface area contributed by atoms with Gasteiger partial charge in [0.2, 0.25) is 5.88 Å². The topological polar surface area (TPSA) is 28.6 Å². The van der Waals surface area contributed by atoms with Gasteiger partial charge in [-0.2, -0.15) is 4.98 Å². The molecule has 0 atom stereocenters. The molecule has 1 aromatic heterocycles. The van der Waals surface area contributed by atoms with Gasteiger partial charge in [-0.25, -0.2) is 0 Å². The van der Waals surface area contributed by atoms with E-state index in [1.54, 1.807) is 12.1 Å². The predicted molar refractivity (Wildman–Crippen MR) is 149 cm³/mol. The molecule has 0 unspecified atom stereocenters. The lowest BCUT2D eigenvalue weighted by Gasteiger charge is -2.36. The molecule has 36 heavy (non-hydrogen) atoms. The van der Waals surface area contributed by atoms with E-state index in [9.17, 15) is 0 Å². The van der Waals surface area contributed by atoms with Crippen molar-refractivity contribution in [3.63, 3.8) is 0 Å². The average Bonchev–Trinajstić information content (AvgIpc) is 3.36. The highest BCUT2D eigenvalue weighted by molar-refractivity contribution is 6.86. The second-order valence-corrected chi connectivity index (χ2v) is 8.68. The van der Waals surface area contributed by atoms with Gasteiger partial charge in [0.15, 0.2) is 0 Å². The predicted octanol–water partition coefficient (Wildman–Crippen LogP) is 6.73. The highest BCUT2D eigenvalue weighted by Crippen LogP contribution is 2.50. The van der Waals surface area contributed by atoms with Crippen molar-refractivity contribution in [2.24, 2.45) is 0 Å². The van der Waals surface area contributed by atoms with E-state index < -0.39 is 36.6 Å². The number of hydrogen-bond acceptors (Lipinski definition) is 4. The molecule has 4 nitrogen and oxygen atoms in total. The Balaban J connectivity index is 1.46. The number of para-hydroxylation sites is 3. The van der Waals surface area contributed by atoms with Crippen LogP contribution in [0.25, 0.3) is 22.3 Å². The summed E-state index contributed by atoms with van der Waals surface area (Å²) in [6.45, 7) is -3.08. The number of methoxy groups -OCH3 is 1. The smallest absolute Gasteiger partial charge is 0.422 e. The first kappa shape index (κ1) is 14.8. The highest BCUT2D eigenvalue weighted by Gasteiger charge is 2.48. The zero-order valence-corrected chi connectivity index (χ0v) is 19.4. The lowest BCUT2D eigenvalue weighted by atomic mass is 9.59. The Labute approximate surface area is 221 Å². The fraction of sp³-hybridized carbons (Fsp3) is 0.0645. The van der Waals surface area contributed by atoms with Crippen LogP contribution in [0.3, 0.4) is 0 Å². The summed E-state index contributed by atoms with van der Waals surface area (Å²) in [7, 11) is 1.41. The van der Waals surface area contributed by atoms with Crippen LogP contribution in [0.5, 0.6) is 5.88 Å². The van der Waals surface area contributed by atoms with E-state index in [-0.39, 0.29) is 24.0 Å². The third kappa shape index (κ3) is 2.92. The molecule has 0 amide bonds. The summed E-state index contributed by atoms with van der Waals surface area (Å²) < 4.78 is 63.3. The van der Waals surface area contributed by atoms with Crippen LogP contribution in [0.2, 0.25) is 0 Å².